The molecule has 1 aromatic heterocycles. The second-order valence-electron chi connectivity index (χ2n) is 5.39. The molecular weight excluding hydrogens is 270 g/mol. The van der Waals surface area contributed by atoms with Gasteiger partial charge in [-0.25, -0.2) is 0 Å². The van der Waals surface area contributed by atoms with Crippen LogP contribution in [0.3, 0.4) is 0 Å². The van der Waals surface area contributed by atoms with Crippen LogP contribution in [0.25, 0.3) is 11.4 Å². The summed E-state index contributed by atoms with van der Waals surface area (Å²) in [6.07, 6.45) is 0.675. The highest BCUT2D eigenvalue weighted by molar-refractivity contribution is 5.70. The molecule has 0 amide bonds. The predicted molar refractivity (Wildman–Crippen MR) is 75.5 cm³/mol. The highest BCUT2D eigenvalue weighted by Crippen LogP contribution is 2.22. The number of likely N-dealkylation sites (tertiary alicyclic amines) is 1. The van der Waals surface area contributed by atoms with Crippen molar-refractivity contribution in [3.8, 4) is 11.4 Å². The third-order valence-electron chi connectivity index (χ3n) is 3.83. The first-order chi connectivity index (χ1) is 10.1. The highest BCUT2D eigenvalue weighted by Gasteiger charge is 2.28. The highest BCUT2D eigenvalue weighted by atomic mass is 16.5. The van der Waals surface area contributed by atoms with Crippen LogP contribution in [0.15, 0.2) is 28.8 Å². The van der Waals surface area contributed by atoms with E-state index in [0.717, 1.165) is 17.7 Å². The minimum absolute atomic E-state index is 0.288. The fourth-order valence-corrected chi connectivity index (χ4v) is 2.62. The van der Waals surface area contributed by atoms with Crippen LogP contribution in [0.1, 0.15) is 17.9 Å². The van der Waals surface area contributed by atoms with Gasteiger partial charge in [0.1, 0.15) is 0 Å². The molecule has 2 heterocycles. The summed E-state index contributed by atoms with van der Waals surface area (Å²) in [5.41, 5.74) is 2.05. The van der Waals surface area contributed by atoms with E-state index in [9.17, 15) is 4.79 Å². The summed E-state index contributed by atoms with van der Waals surface area (Å²) < 4.78 is 5.28. The molecule has 0 bridgehead atoms. The van der Waals surface area contributed by atoms with E-state index in [1.807, 2.05) is 36.1 Å². The Morgan fingerprint density at radius 3 is 3.00 bits per heavy atom. The number of aryl methyl sites for hydroxylation is 1. The van der Waals surface area contributed by atoms with Gasteiger partial charge in [0.05, 0.1) is 12.5 Å². The molecule has 0 saturated carbocycles. The van der Waals surface area contributed by atoms with E-state index in [-0.39, 0.29) is 5.92 Å². The maximum absolute atomic E-state index is 10.9. The summed E-state index contributed by atoms with van der Waals surface area (Å²) >= 11 is 0. The monoisotopic (exact) mass is 287 g/mol. The van der Waals surface area contributed by atoms with Crippen LogP contribution >= 0.6 is 0 Å². The van der Waals surface area contributed by atoms with Gasteiger partial charge in [-0.2, -0.15) is 4.98 Å². The van der Waals surface area contributed by atoms with Crippen molar-refractivity contribution in [1.82, 2.24) is 15.0 Å². The van der Waals surface area contributed by atoms with Gasteiger partial charge in [-0.3, -0.25) is 9.69 Å². The van der Waals surface area contributed by atoms with Gasteiger partial charge in [0.2, 0.25) is 11.7 Å². The van der Waals surface area contributed by atoms with Crippen molar-refractivity contribution in [3.63, 3.8) is 0 Å². The summed E-state index contributed by atoms with van der Waals surface area (Å²) in [6, 6.07) is 7.87. The van der Waals surface area contributed by atoms with Crippen LogP contribution < -0.4 is 0 Å². The number of carboxylic acids is 1. The van der Waals surface area contributed by atoms with E-state index in [4.69, 9.17) is 9.63 Å². The lowest BCUT2D eigenvalue weighted by atomic mass is 10.1. The fraction of sp³-hybridized carbons (Fsp3) is 0.400. The third kappa shape index (κ3) is 2.95. The van der Waals surface area contributed by atoms with Gasteiger partial charge in [-0.15, -0.1) is 0 Å². The molecule has 1 atom stereocenters. The van der Waals surface area contributed by atoms with Crippen molar-refractivity contribution >= 4 is 5.97 Å². The van der Waals surface area contributed by atoms with Gasteiger partial charge in [-0.1, -0.05) is 29.4 Å². The number of carboxylic acid groups (broad SMARTS) is 1. The minimum atomic E-state index is -0.733. The third-order valence-corrected chi connectivity index (χ3v) is 3.83. The van der Waals surface area contributed by atoms with Gasteiger partial charge in [-0.05, 0) is 25.5 Å². The molecule has 3 rings (SSSR count). The van der Waals surface area contributed by atoms with Crippen LogP contribution in [-0.4, -0.2) is 39.2 Å². The first-order valence-corrected chi connectivity index (χ1v) is 6.97. The summed E-state index contributed by atoms with van der Waals surface area (Å²) in [4.78, 5) is 17.4. The number of hydrogen-bond acceptors (Lipinski definition) is 5. The van der Waals surface area contributed by atoms with E-state index in [1.165, 1.54) is 0 Å². The number of aromatic nitrogens is 2. The molecule has 0 aliphatic carbocycles. The molecule has 1 saturated heterocycles. The quantitative estimate of drug-likeness (QED) is 0.926. The summed E-state index contributed by atoms with van der Waals surface area (Å²) in [5, 5.41) is 13.0. The van der Waals surface area contributed by atoms with Crippen LogP contribution in [-0.2, 0) is 11.3 Å². The topological polar surface area (TPSA) is 79.5 Å². The zero-order chi connectivity index (χ0) is 14.8. The molecule has 1 aliphatic rings. The van der Waals surface area contributed by atoms with Crippen LogP contribution in [0.2, 0.25) is 0 Å². The number of carbonyl (C=O) groups is 1. The first kappa shape index (κ1) is 13.8. The zero-order valence-electron chi connectivity index (χ0n) is 11.8. The number of hydrogen-bond donors (Lipinski definition) is 1. The molecule has 0 spiro atoms. The largest absolute Gasteiger partial charge is 0.481 e. The Hall–Kier alpha value is -2.21. The van der Waals surface area contributed by atoms with Crippen LogP contribution in [0.4, 0.5) is 0 Å². The van der Waals surface area contributed by atoms with Crippen molar-refractivity contribution in [3.05, 3.63) is 35.7 Å². The molecule has 1 aromatic carbocycles. The first-order valence-electron chi connectivity index (χ1n) is 6.97. The van der Waals surface area contributed by atoms with Crippen molar-refractivity contribution in [2.75, 3.05) is 13.1 Å². The zero-order valence-corrected chi connectivity index (χ0v) is 11.8. The maximum atomic E-state index is 10.9. The Kier molecular flexibility index (Phi) is 3.70. The molecule has 0 radical (unpaired) electrons. The van der Waals surface area contributed by atoms with Crippen molar-refractivity contribution < 1.29 is 14.4 Å². The normalized spacial score (nSPS) is 19.0. The van der Waals surface area contributed by atoms with E-state index in [2.05, 4.69) is 10.1 Å². The van der Waals surface area contributed by atoms with Crippen molar-refractivity contribution in [2.45, 2.75) is 19.9 Å². The molecule has 1 aliphatic heterocycles. The Balaban J connectivity index is 1.69. The van der Waals surface area contributed by atoms with E-state index < -0.39 is 5.97 Å². The number of rotatable bonds is 4. The smallest absolute Gasteiger partial charge is 0.307 e. The summed E-state index contributed by atoms with van der Waals surface area (Å²) in [5.74, 6) is 0.0868. The van der Waals surface area contributed by atoms with Gasteiger partial charge < -0.3 is 9.63 Å². The molecule has 21 heavy (non-hydrogen) atoms. The summed E-state index contributed by atoms with van der Waals surface area (Å²) in [6.45, 7) is 3.79. The summed E-state index contributed by atoms with van der Waals surface area (Å²) in [7, 11) is 0. The second kappa shape index (κ2) is 5.65. The number of nitrogens with zero attached hydrogens (tertiary/aromatic N) is 3. The lowest BCUT2D eigenvalue weighted by Crippen LogP contribution is -2.22. The van der Waals surface area contributed by atoms with E-state index in [1.54, 1.807) is 0 Å². The Morgan fingerprint density at radius 2 is 2.29 bits per heavy atom. The predicted octanol–water partition coefficient (Wildman–Crippen LogP) is 1.95. The van der Waals surface area contributed by atoms with Crippen LogP contribution in [0, 0.1) is 12.8 Å². The minimum Gasteiger partial charge on any atom is -0.481 e. The molecule has 1 fully saturated rings. The molecule has 110 valence electrons. The van der Waals surface area contributed by atoms with E-state index in [0.29, 0.717) is 31.2 Å². The van der Waals surface area contributed by atoms with Crippen LogP contribution in [0.5, 0.6) is 0 Å². The molecule has 2 aromatic rings. The fourth-order valence-electron chi connectivity index (χ4n) is 2.62. The maximum Gasteiger partial charge on any atom is 0.307 e. The molecule has 6 nitrogen and oxygen atoms in total. The van der Waals surface area contributed by atoms with Gasteiger partial charge in [0.15, 0.2) is 0 Å². The van der Waals surface area contributed by atoms with Gasteiger partial charge in [0, 0.05) is 12.1 Å². The van der Waals surface area contributed by atoms with Gasteiger partial charge in [0.25, 0.3) is 0 Å². The second-order valence-corrected chi connectivity index (χ2v) is 5.39. The molecule has 1 unspecified atom stereocenters. The Morgan fingerprint density at radius 1 is 1.48 bits per heavy atom. The van der Waals surface area contributed by atoms with Crippen molar-refractivity contribution in [1.29, 1.82) is 0 Å². The Labute approximate surface area is 122 Å². The SMILES string of the molecule is Cc1ccccc1-c1noc(CN2CCC(C(=O)O)C2)n1. The van der Waals surface area contributed by atoms with Gasteiger partial charge >= 0.3 is 5.97 Å². The Bertz CT molecular complexity index is 653. The average molecular weight is 287 g/mol. The molecule has 1 N–H and O–H groups in total. The average Bonchev–Trinajstić information content (AvgIpc) is 3.09. The standard InChI is InChI=1S/C15H17N3O3/c1-10-4-2-3-5-12(10)14-16-13(21-17-14)9-18-7-6-11(8-18)15(19)20/h2-5,11H,6-9H2,1H3,(H,19,20). The van der Waals surface area contributed by atoms with Crippen molar-refractivity contribution in [2.24, 2.45) is 5.92 Å². The lowest BCUT2D eigenvalue weighted by Gasteiger charge is -2.11. The molecule has 6 heteroatoms. The van der Waals surface area contributed by atoms with E-state index >= 15 is 0 Å². The number of benzene rings is 1. The lowest BCUT2D eigenvalue weighted by molar-refractivity contribution is -0.141. The number of aliphatic carboxylic acids is 1. The molecular formula is C15H17N3O3.